The average Bonchev–Trinajstić information content (AvgIpc) is 2.96. The maximum atomic E-state index is 11.0. The molecule has 0 amide bonds. The number of hydrogen-bond acceptors (Lipinski definition) is 4. The molecule has 0 saturated heterocycles. The van der Waals surface area contributed by atoms with Gasteiger partial charge < -0.3 is 9.52 Å². The van der Waals surface area contributed by atoms with Crippen LogP contribution in [0.4, 0.5) is 0 Å². The fourth-order valence-electron chi connectivity index (χ4n) is 2.36. The van der Waals surface area contributed by atoms with Gasteiger partial charge in [0.1, 0.15) is 5.56 Å². The largest absolute Gasteiger partial charge is 0.478 e. The van der Waals surface area contributed by atoms with Crippen LogP contribution >= 0.6 is 0 Å². The maximum Gasteiger partial charge on any atom is 0.339 e. The van der Waals surface area contributed by atoms with E-state index in [1.54, 1.807) is 0 Å². The Morgan fingerprint density at radius 3 is 2.88 bits per heavy atom. The van der Waals surface area contributed by atoms with Crippen LogP contribution in [-0.2, 0) is 0 Å². The number of aromatic nitrogens is 2. The Hall–Kier alpha value is -1.91. The number of pyridine rings is 1. The number of oxazole rings is 1. The van der Waals surface area contributed by atoms with Crippen molar-refractivity contribution in [3.8, 4) is 0 Å². The Morgan fingerprint density at radius 1 is 1.41 bits per heavy atom. The summed E-state index contributed by atoms with van der Waals surface area (Å²) in [6.07, 6.45) is 5.95. The molecule has 5 heteroatoms. The number of rotatable bonds is 2. The molecule has 1 saturated carbocycles. The molecule has 0 aromatic carbocycles. The Bertz CT molecular complexity index is 570. The molecule has 1 aliphatic rings. The molecule has 3 rings (SSSR count). The topological polar surface area (TPSA) is 76.2 Å². The molecule has 5 nitrogen and oxygen atoms in total. The van der Waals surface area contributed by atoms with E-state index >= 15 is 0 Å². The quantitative estimate of drug-likeness (QED) is 0.861. The Kier molecular flexibility index (Phi) is 2.31. The molecule has 2 heterocycles. The van der Waals surface area contributed by atoms with Crippen LogP contribution in [-0.4, -0.2) is 21.0 Å². The predicted octanol–water partition coefficient (Wildman–Crippen LogP) is 2.58. The highest BCUT2D eigenvalue weighted by atomic mass is 16.4. The summed E-state index contributed by atoms with van der Waals surface area (Å²) in [7, 11) is 0. The third-order valence-corrected chi connectivity index (χ3v) is 3.24. The van der Waals surface area contributed by atoms with Gasteiger partial charge in [0.15, 0.2) is 17.1 Å². The summed E-state index contributed by atoms with van der Waals surface area (Å²) < 4.78 is 5.59. The van der Waals surface area contributed by atoms with Gasteiger partial charge in [-0.05, 0) is 18.9 Å². The van der Waals surface area contributed by atoms with Crippen molar-refractivity contribution < 1.29 is 14.3 Å². The van der Waals surface area contributed by atoms with Gasteiger partial charge in [-0.1, -0.05) is 12.8 Å². The van der Waals surface area contributed by atoms with E-state index in [2.05, 4.69) is 9.97 Å². The zero-order valence-electron chi connectivity index (χ0n) is 9.22. The Morgan fingerprint density at radius 2 is 2.18 bits per heavy atom. The molecule has 1 fully saturated rings. The number of carboxylic acids is 1. The molecule has 0 bridgehead atoms. The van der Waals surface area contributed by atoms with E-state index in [9.17, 15) is 4.79 Å². The summed E-state index contributed by atoms with van der Waals surface area (Å²) >= 11 is 0. The lowest BCUT2D eigenvalue weighted by Gasteiger charge is -2.00. The monoisotopic (exact) mass is 232 g/mol. The lowest BCUT2D eigenvalue weighted by Crippen LogP contribution is -1.96. The van der Waals surface area contributed by atoms with Crippen molar-refractivity contribution in [3.63, 3.8) is 0 Å². The number of carbonyl (C=O) groups is 1. The summed E-state index contributed by atoms with van der Waals surface area (Å²) in [5, 5.41) is 9.04. The highest BCUT2D eigenvalue weighted by molar-refractivity contribution is 5.98. The highest BCUT2D eigenvalue weighted by Gasteiger charge is 2.24. The van der Waals surface area contributed by atoms with Crippen LogP contribution < -0.4 is 0 Å². The van der Waals surface area contributed by atoms with Gasteiger partial charge in [-0.3, -0.25) is 0 Å². The van der Waals surface area contributed by atoms with Crippen LogP contribution in [0, 0.1) is 0 Å². The van der Waals surface area contributed by atoms with Gasteiger partial charge in [-0.25, -0.2) is 9.78 Å². The van der Waals surface area contributed by atoms with E-state index < -0.39 is 5.97 Å². The molecule has 88 valence electrons. The minimum absolute atomic E-state index is 0.131. The van der Waals surface area contributed by atoms with Gasteiger partial charge in [0.25, 0.3) is 0 Å². The van der Waals surface area contributed by atoms with Crippen LogP contribution in [0.25, 0.3) is 11.2 Å². The molecule has 0 radical (unpaired) electrons. The zero-order chi connectivity index (χ0) is 11.8. The summed E-state index contributed by atoms with van der Waals surface area (Å²) in [4.78, 5) is 19.4. The van der Waals surface area contributed by atoms with Gasteiger partial charge in [0, 0.05) is 12.1 Å². The summed E-state index contributed by atoms with van der Waals surface area (Å²) in [6.45, 7) is 0. The number of aromatic carboxylic acids is 1. The van der Waals surface area contributed by atoms with E-state index in [0.717, 1.165) is 12.8 Å². The second-order valence-corrected chi connectivity index (χ2v) is 4.35. The van der Waals surface area contributed by atoms with Crippen molar-refractivity contribution in [1.29, 1.82) is 0 Å². The molecule has 1 N–H and O–H groups in total. The van der Waals surface area contributed by atoms with Crippen LogP contribution in [0.3, 0.4) is 0 Å². The molecular weight excluding hydrogens is 220 g/mol. The van der Waals surface area contributed by atoms with Crippen molar-refractivity contribution in [1.82, 2.24) is 9.97 Å². The first-order valence-electron chi connectivity index (χ1n) is 5.74. The fraction of sp³-hybridized carbons (Fsp3) is 0.417. The van der Waals surface area contributed by atoms with Gasteiger partial charge in [0.05, 0.1) is 0 Å². The normalized spacial score (nSPS) is 16.7. The van der Waals surface area contributed by atoms with Gasteiger partial charge in [-0.15, -0.1) is 0 Å². The van der Waals surface area contributed by atoms with E-state index in [1.165, 1.54) is 25.1 Å². The van der Waals surface area contributed by atoms with Crippen LogP contribution in [0.5, 0.6) is 0 Å². The Balaban J connectivity index is 2.11. The Labute approximate surface area is 97.5 Å². The maximum absolute atomic E-state index is 11.0. The van der Waals surface area contributed by atoms with E-state index in [0.29, 0.717) is 23.0 Å². The van der Waals surface area contributed by atoms with E-state index in [4.69, 9.17) is 9.52 Å². The van der Waals surface area contributed by atoms with Crippen molar-refractivity contribution in [2.75, 3.05) is 0 Å². The van der Waals surface area contributed by atoms with E-state index in [1.807, 2.05) is 0 Å². The van der Waals surface area contributed by atoms with Gasteiger partial charge in [-0.2, -0.15) is 4.98 Å². The zero-order valence-corrected chi connectivity index (χ0v) is 9.22. The molecule has 0 atom stereocenters. The molecule has 17 heavy (non-hydrogen) atoms. The van der Waals surface area contributed by atoms with Crippen molar-refractivity contribution in [2.24, 2.45) is 0 Å². The van der Waals surface area contributed by atoms with Gasteiger partial charge >= 0.3 is 5.97 Å². The standard InChI is InChI=1S/C12H12N2O3/c15-12(16)8-5-6-13-10-9(8)17-11(14-10)7-3-1-2-4-7/h5-7H,1-4H2,(H,15,16). The number of carboxylic acid groups (broad SMARTS) is 1. The summed E-state index contributed by atoms with van der Waals surface area (Å²) in [5.41, 5.74) is 0.820. The SMILES string of the molecule is O=C(O)c1ccnc2nc(C3CCCC3)oc12. The van der Waals surface area contributed by atoms with E-state index in [-0.39, 0.29) is 5.56 Å². The molecular formula is C12H12N2O3. The van der Waals surface area contributed by atoms with Crippen LogP contribution in [0.15, 0.2) is 16.7 Å². The second-order valence-electron chi connectivity index (χ2n) is 4.35. The molecule has 0 spiro atoms. The van der Waals surface area contributed by atoms with Gasteiger partial charge in [0.2, 0.25) is 0 Å². The number of nitrogens with zero attached hydrogens (tertiary/aromatic N) is 2. The van der Waals surface area contributed by atoms with Crippen LogP contribution in [0.2, 0.25) is 0 Å². The minimum Gasteiger partial charge on any atom is -0.478 e. The number of fused-ring (bicyclic) bond motifs is 1. The lowest BCUT2D eigenvalue weighted by atomic mass is 10.1. The van der Waals surface area contributed by atoms with Crippen molar-refractivity contribution >= 4 is 17.2 Å². The molecule has 2 aromatic heterocycles. The highest BCUT2D eigenvalue weighted by Crippen LogP contribution is 2.35. The first kappa shape index (κ1) is 10.3. The average molecular weight is 232 g/mol. The second kappa shape index (κ2) is 3.84. The van der Waals surface area contributed by atoms with Crippen molar-refractivity contribution in [2.45, 2.75) is 31.6 Å². The molecule has 0 unspecified atom stereocenters. The number of hydrogen-bond donors (Lipinski definition) is 1. The first-order valence-corrected chi connectivity index (χ1v) is 5.74. The smallest absolute Gasteiger partial charge is 0.339 e. The summed E-state index contributed by atoms with van der Waals surface area (Å²) in [6, 6.07) is 1.44. The third kappa shape index (κ3) is 1.67. The third-order valence-electron chi connectivity index (χ3n) is 3.24. The predicted molar refractivity (Wildman–Crippen MR) is 60.0 cm³/mol. The lowest BCUT2D eigenvalue weighted by molar-refractivity contribution is 0.0697. The van der Waals surface area contributed by atoms with Crippen molar-refractivity contribution in [3.05, 3.63) is 23.7 Å². The first-order chi connectivity index (χ1) is 8.25. The van der Waals surface area contributed by atoms with Crippen LogP contribution in [0.1, 0.15) is 47.8 Å². The molecule has 1 aliphatic carbocycles. The fourth-order valence-corrected chi connectivity index (χ4v) is 2.36. The minimum atomic E-state index is -1.01. The molecule has 2 aromatic rings. The summed E-state index contributed by atoms with van der Waals surface area (Å²) in [5.74, 6) is -0.0453. The molecule has 0 aliphatic heterocycles.